The number of ether oxygens (including phenoxy) is 1. The summed E-state index contributed by atoms with van der Waals surface area (Å²) in [7, 11) is 1.61. The third-order valence-electron chi connectivity index (χ3n) is 4.20. The molecule has 0 saturated heterocycles. The van der Waals surface area contributed by atoms with E-state index in [1.165, 1.54) is 11.3 Å². The number of pyridine rings is 1. The molecule has 2 aromatic heterocycles. The van der Waals surface area contributed by atoms with Crippen molar-refractivity contribution in [3.8, 4) is 5.75 Å². The molecule has 140 valence electrons. The van der Waals surface area contributed by atoms with Gasteiger partial charge in [-0.15, -0.1) is 0 Å². The lowest BCUT2D eigenvalue weighted by molar-refractivity contribution is 0.0985. The SMILES string of the molecule is COc1cccc2sc(N(Cc3cccnc3)C(=O)c3cccc(Cl)c3)nc12. The van der Waals surface area contributed by atoms with Crippen molar-refractivity contribution in [2.75, 3.05) is 12.0 Å². The van der Waals surface area contributed by atoms with Crippen molar-refractivity contribution >= 4 is 44.2 Å². The Hall–Kier alpha value is -2.96. The fraction of sp³-hybridized carbons (Fsp3) is 0.0952. The number of methoxy groups -OCH3 is 1. The Kier molecular flexibility index (Phi) is 5.23. The Morgan fingerprint density at radius 1 is 1.18 bits per heavy atom. The van der Waals surface area contributed by atoms with Crippen LogP contribution in [0.5, 0.6) is 5.75 Å². The van der Waals surface area contributed by atoms with Gasteiger partial charge in [0.2, 0.25) is 0 Å². The summed E-state index contributed by atoms with van der Waals surface area (Å²) in [5, 5.41) is 1.10. The topological polar surface area (TPSA) is 55.3 Å². The highest BCUT2D eigenvalue weighted by atomic mass is 35.5. The molecule has 0 atom stereocenters. The second kappa shape index (κ2) is 7.96. The van der Waals surface area contributed by atoms with E-state index in [2.05, 4.69) is 4.98 Å². The zero-order valence-electron chi connectivity index (χ0n) is 15.0. The maximum atomic E-state index is 13.3. The van der Waals surface area contributed by atoms with Gasteiger partial charge in [-0.3, -0.25) is 14.7 Å². The summed E-state index contributed by atoms with van der Waals surface area (Å²) in [5.74, 6) is 0.501. The van der Waals surface area contributed by atoms with Crippen LogP contribution in [-0.4, -0.2) is 23.0 Å². The maximum Gasteiger partial charge on any atom is 0.260 e. The number of hydrogen-bond donors (Lipinski definition) is 0. The van der Waals surface area contributed by atoms with Crippen LogP contribution in [0.25, 0.3) is 10.2 Å². The normalized spacial score (nSPS) is 10.8. The van der Waals surface area contributed by atoms with Gasteiger partial charge in [-0.2, -0.15) is 0 Å². The van der Waals surface area contributed by atoms with Gasteiger partial charge >= 0.3 is 0 Å². The average molecular weight is 410 g/mol. The summed E-state index contributed by atoms with van der Waals surface area (Å²) in [6.45, 7) is 0.349. The van der Waals surface area contributed by atoms with Crippen molar-refractivity contribution in [3.05, 3.63) is 83.1 Å². The molecule has 4 rings (SSSR count). The highest BCUT2D eigenvalue weighted by Crippen LogP contribution is 2.35. The predicted octanol–water partition coefficient (Wildman–Crippen LogP) is 5.20. The Morgan fingerprint density at radius 2 is 2.04 bits per heavy atom. The first-order valence-electron chi connectivity index (χ1n) is 8.55. The molecular weight excluding hydrogens is 394 g/mol. The van der Waals surface area contributed by atoms with E-state index < -0.39 is 0 Å². The number of carbonyl (C=O) groups is 1. The van der Waals surface area contributed by atoms with Gasteiger partial charge in [-0.25, -0.2) is 4.98 Å². The van der Waals surface area contributed by atoms with Crippen LogP contribution in [0.1, 0.15) is 15.9 Å². The molecule has 4 aromatic rings. The van der Waals surface area contributed by atoms with Gasteiger partial charge in [-0.05, 0) is 42.0 Å². The average Bonchev–Trinajstić information content (AvgIpc) is 3.16. The molecule has 0 N–H and O–H groups in total. The number of benzene rings is 2. The van der Waals surface area contributed by atoms with Crippen LogP contribution in [0.4, 0.5) is 5.13 Å². The first-order valence-corrected chi connectivity index (χ1v) is 9.75. The van der Waals surface area contributed by atoms with Crippen molar-refractivity contribution in [2.24, 2.45) is 0 Å². The lowest BCUT2D eigenvalue weighted by Crippen LogP contribution is -2.30. The van der Waals surface area contributed by atoms with Gasteiger partial charge in [-0.1, -0.05) is 41.1 Å². The third-order valence-corrected chi connectivity index (χ3v) is 5.48. The minimum Gasteiger partial charge on any atom is -0.494 e. The van der Waals surface area contributed by atoms with Gasteiger partial charge in [0.15, 0.2) is 5.13 Å². The van der Waals surface area contributed by atoms with Gasteiger partial charge < -0.3 is 4.74 Å². The number of hydrogen-bond acceptors (Lipinski definition) is 5. The fourth-order valence-electron chi connectivity index (χ4n) is 2.87. The van der Waals surface area contributed by atoms with E-state index >= 15 is 0 Å². The van der Waals surface area contributed by atoms with E-state index in [1.54, 1.807) is 48.7 Å². The van der Waals surface area contributed by atoms with Gasteiger partial charge in [0.25, 0.3) is 5.91 Å². The summed E-state index contributed by atoms with van der Waals surface area (Å²) in [5.41, 5.74) is 2.15. The zero-order valence-corrected chi connectivity index (χ0v) is 16.6. The predicted molar refractivity (Wildman–Crippen MR) is 112 cm³/mol. The summed E-state index contributed by atoms with van der Waals surface area (Å²) in [6.07, 6.45) is 3.45. The first kappa shape index (κ1) is 18.4. The Bertz CT molecular complexity index is 1130. The van der Waals surface area contributed by atoms with E-state index in [-0.39, 0.29) is 5.91 Å². The summed E-state index contributed by atoms with van der Waals surface area (Å²) < 4.78 is 6.36. The molecule has 2 aromatic carbocycles. The molecule has 28 heavy (non-hydrogen) atoms. The van der Waals surface area contributed by atoms with Crippen LogP contribution in [0.2, 0.25) is 5.02 Å². The number of fused-ring (bicyclic) bond motifs is 1. The van der Waals surface area contributed by atoms with Crippen LogP contribution in [-0.2, 0) is 6.54 Å². The minimum atomic E-state index is -0.177. The highest BCUT2D eigenvalue weighted by Gasteiger charge is 2.23. The van der Waals surface area contributed by atoms with Crippen LogP contribution < -0.4 is 9.64 Å². The number of rotatable bonds is 5. The van der Waals surface area contributed by atoms with Gasteiger partial charge in [0.05, 0.1) is 18.4 Å². The molecule has 0 saturated carbocycles. The Morgan fingerprint density at radius 3 is 2.79 bits per heavy atom. The maximum absolute atomic E-state index is 13.3. The number of nitrogens with zero attached hydrogens (tertiary/aromatic N) is 3. The lowest BCUT2D eigenvalue weighted by Gasteiger charge is -2.20. The van der Waals surface area contributed by atoms with Crippen molar-refractivity contribution in [2.45, 2.75) is 6.54 Å². The molecule has 0 spiro atoms. The van der Waals surface area contributed by atoms with Crippen LogP contribution in [0.3, 0.4) is 0 Å². The smallest absolute Gasteiger partial charge is 0.260 e. The largest absolute Gasteiger partial charge is 0.494 e. The van der Waals surface area contributed by atoms with Crippen LogP contribution >= 0.6 is 22.9 Å². The number of carbonyl (C=O) groups excluding carboxylic acids is 1. The quantitative estimate of drug-likeness (QED) is 0.454. The molecule has 7 heteroatoms. The zero-order chi connectivity index (χ0) is 19.5. The van der Waals surface area contributed by atoms with Crippen molar-refractivity contribution in [3.63, 3.8) is 0 Å². The number of anilines is 1. The standard InChI is InChI=1S/C21H16ClN3O2S/c1-27-17-8-3-9-18-19(17)24-21(28-18)25(13-14-5-4-10-23-12-14)20(26)15-6-2-7-16(22)11-15/h2-12H,13H2,1H3. The minimum absolute atomic E-state index is 0.177. The fourth-order valence-corrected chi connectivity index (χ4v) is 4.04. The number of amides is 1. The molecule has 0 aliphatic carbocycles. The van der Waals surface area contributed by atoms with E-state index in [9.17, 15) is 4.79 Å². The van der Waals surface area contributed by atoms with Crippen LogP contribution in [0.15, 0.2) is 67.0 Å². The van der Waals surface area contributed by atoms with E-state index in [0.717, 1.165) is 15.8 Å². The van der Waals surface area contributed by atoms with E-state index in [0.29, 0.717) is 28.0 Å². The molecule has 2 heterocycles. The second-order valence-corrected chi connectivity index (χ2v) is 7.51. The first-order chi connectivity index (χ1) is 13.7. The molecular formula is C21H16ClN3O2S. The van der Waals surface area contributed by atoms with Crippen molar-refractivity contribution < 1.29 is 9.53 Å². The number of halogens is 1. The molecule has 0 aliphatic rings. The summed E-state index contributed by atoms with van der Waals surface area (Å²) in [6, 6.07) is 16.4. The number of aromatic nitrogens is 2. The van der Waals surface area contributed by atoms with E-state index in [4.69, 9.17) is 21.3 Å². The van der Waals surface area contributed by atoms with Crippen LogP contribution in [0, 0.1) is 0 Å². The van der Waals surface area contributed by atoms with E-state index in [1.807, 2.05) is 30.3 Å². The van der Waals surface area contributed by atoms with Gasteiger partial charge in [0.1, 0.15) is 11.3 Å². The van der Waals surface area contributed by atoms with Gasteiger partial charge in [0, 0.05) is 23.0 Å². The molecule has 0 bridgehead atoms. The monoisotopic (exact) mass is 409 g/mol. The second-order valence-electron chi connectivity index (χ2n) is 6.07. The Labute approximate surface area is 171 Å². The number of para-hydroxylation sites is 1. The lowest BCUT2D eigenvalue weighted by atomic mass is 10.2. The molecule has 0 fully saturated rings. The number of thiazole rings is 1. The Balaban J connectivity index is 1.79. The highest BCUT2D eigenvalue weighted by molar-refractivity contribution is 7.22. The molecule has 5 nitrogen and oxygen atoms in total. The van der Waals surface area contributed by atoms with Crippen molar-refractivity contribution in [1.29, 1.82) is 0 Å². The molecule has 1 amide bonds. The molecule has 0 aliphatic heterocycles. The summed E-state index contributed by atoms with van der Waals surface area (Å²) in [4.78, 5) is 23.8. The molecule has 0 radical (unpaired) electrons. The third kappa shape index (κ3) is 3.69. The molecule has 0 unspecified atom stereocenters. The summed E-state index contributed by atoms with van der Waals surface area (Å²) >= 11 is 7.54. The van der Waals surface area contributed by atoms with Crippen molar-refractivity contribution in [1.82, 2.24) is 9.97 Å².